The zero-order valence-corrected chi connectivity index (χ0v) is 14.4. The molecule has 1 aromatic heterocycles. The molecule has 0 fully saturated rings. The van der Waals surface area contributed by atoms with Gasteiger partial charge in [-0.1, -0.05) is 50.0 Å². The van der Waals surface area contributed by atoms with Gasteiger partial charge in [0, 0.05) is 5.56 Å². The summed E-state index contributed by atoms with van der Waals surface area (Å²) in [5.74, 6) is -0.957. The van der Waals surface area contributed by atoms with E-state index in [9.17, 15) is 9.90 Å². The van der Waals surface area contributed by atoms with Gasteiger partial charge >= 0.3 is 5.97 Å². The number of hydrogen-bond acceptors (Lipinski definition) is 3. The van der Waals surface area contributed by atoms with E-state index in [1.807, 2.05) is 6.07 Å². The number of carboxylic acid groups (broad SMARTS) is 1. The smallest absolute Gasteiger partial charge is 0.335 e. The highest BCUT2D eigenvalue weighted by atomic mass is 35.5. The lowest BCUT2D eigenvalue weighted by Gasteiger charge is -2.24. The molecule has 0 saturated heterocycles. The first-order valence-electron chi connectivity index (χ1n) is 6.33. The molecule has 21 heavy (non-hydrogen) atoms. The molecule has 1 N–H and O–H groups in total. The van der Waals surface area contributed by atoms with E-state index in [-0.39, 0.29) is 16.1 Å². The Kier molecular flexibility index (Phi) is 4.34. The van der Waals surface area contributed by atoms with Crippen LogP contribution < -0.4 is 0 Å². The highest BCUT2D eigenvalue weighted by molar-refractivity contribution is 7.10. The van der Waals surface area contributed by atoms with E-state index in [0.717, 1.165) is 11.1 Å². The van der Waals surface area contributed by atoms with E-state index in [0.29, 0.717) is 15.5 Å². The van der Waals surface area contributed by atoms with Crippen LogP contribution in [0.25, 0.3) is 10.4 Å². The summed E-state index contributed by atoms with van der Waals surface area (Å²) >= 11 is 13.4. The molecular formula is C15H15Cl2NO2S. The minimum Gasteiger partial charge on any atom is -0.478 e. The largest absolute Gasteiger partial charge is 0.478 e. The molecule has 6 heteroatoms. The molecule has 1 aromatic carbocycles. The SMILES string of the molecule is Cc1c(C(=O)O)ccc(C(C)(C)C)c1-c1snc(Cl)c1Cl. The molecule has 2 aromatic rings. The molecule has 0 aliphatic rings. The minimum absolute atomic E-state index is 0.156. The molecule has 0 aliphatic carbocycles. The minimum atomic E-state index is -0.957. The Bertz CT molecular complexity index is 717. The Hall–Kier alpha value is -1.10. The maximum atomic E-state index is 11.4. The summed E-state index contributed by atoms with van der Waals surface area (Å²) < 4.78 is 4.06. The fourth-order valence-electron chi connectivity index (χ4n) is 2.28. The van der Waals surface area contributed by atoms with Crippen molar-refractivity contribution in [3.63, 3.8) is 0 Å². The average Bonchev–Trinajstić information content (AvgIpc) is 2.68. The fraction of sp³-hybridized carbons (Fsp3) is 0.333. The predicted octanol–water partition coefficient (Wildman–Crippen LogP) is 5.42. The predicted molar refractivity (Wildman–Crippen MR) is 88.0 cm³/mol. The van der Waals surface area contributed by atoms with Gasteiger partial charge in [0.1, 0.15) is 0 Å². The molecule has 3 nitrogen and oxygen atoms in total. The summed E-state index contributed by atoms with van der Waals surface area (Å²) in [6.45, 7) is 8.00. The lowest BCUT2D eigenvalue weighted by molar-refractivity contribution is 0.0696. The van der Waals surface area contributed by atoms with Gasteiger partial charge in [0.2, 0.25) is 0 Å². The van der Waals surface area contributed by atoms with Crippen molar-refractivity contribution in [3.8, 4) is 10.4 Å². The first-order valence-corrected chi connectivity index (χ1v) is 7.86. The van der Waals surface area contributed by atoms with E-state index in [1.54, 1.807) is 13.0 Å². The van der Waals surface area contributed by atoms with Crippen LogP contribution in [-0.2, 0) is 5.41 Å². The molecule has 0 radical (unpaired) electrons. The van der Waals surface area contributed by atoms with E-state index in [2.05, 4.69) is 25.1 Å². The molecule has 0 amide bonds. The van der Waals surface area contributed by atoms with Crippen LogP contribution in [0.1, 0.15) is 42.3 Å². The van der Waals surface area contributed by atoms with Crippen LogP contribution >= 0.6 is 34.7 Å². The Morgan fingerprint density at radius 1 is 1.29 bits per heavy atom. The van der Waals surface area contributed by atoms with Crippen molar-refractivity contribution in [1.29, 1.82) is 0 Å². The Balaban J connectivity index is 2.86. The van der Waals surface area contributed by atoms with E-state index in [4.69, 9.17) is 23.2 Å². The molecular weight excluding hydrogens is 329 g/mol. The van der Waals surface area contributed by atoms with Gasteiger partial charge in [0.25, 0.3) is 0 Å². The number of benzene rings is 1. The van der Waals surface area contributed by atoms with Gasteiger partial charge < -0.3 is 5.11 Å². The van der Waals surface area contributed by atoms with Crippen LogP contribution in [-0.4, -0.2) is 15.4 Å². The zero-order chi connectivity index (χ0) is 15.9. The van der Waals surface area contributed by atoms with Gasteiger partial charge in [-0.2, -0.15) is 4.37 Å². The standard InChI is InChI=1S/C15H15Cl2NO2S/c1-7-8(14(19)20)5-6-9(15(2,3)4)10(7)12-11(16)13(17)18-21-12/h5-6H,1-4H3,(H,19,20). The molecule has 0 atom stereocenters. The first-order chi connectivity index (χ1) is 9.64. The third-order valence-corrected chi connectivity index (χ3v) is 5.14. The third kappa shape index (κ3) is 2.93. The highest BCUT2D eigenvalue weighted by Crippen LogP contribution is 2.44. The second-order valence-corrected chi connectivity index (χ2v) is 7.34. The van der Waals surface area contributed by atoms with Gasteiger partial charge in [-0.3, -0.25) is 0 Å². The van der Waals surface area contributed by atoms with Gasteiger partial charge in [-0.25, -0.2) is 4.79 Å². The third-order valence-electron chi connectivity index (χ3n) is 3.33. The maximum Gasteiger partial charge on any atom is 0.335 e. The normalized spacial score (nSPS) is 11.7. The zero-order valence-electron chi connectivity index (χ0n) is 12.1. The molecule has 1 heterocycles. The summed E-state index contributed by atoms with van der Waals surface area (Å²) in [5.41, 5.74) is 2.62. The van der Waals surface area contributed by atoms with E-state index < -0.39 is 5.97 Å². The van der Waals surface area contributed by atoms with Gasteiger partial charge in [0.05, 0.1) is 15.5 Å². The summed E-state index contributed by atoms with van der Waals surface area (Å²) in [5, 5.41) is 9.95. The van der Waals surface area contributed by atoms with Gasteiger partial charge in [-0.15, -0.1) is 0 Å². The quantitative estimate of drug-likeness (QED) is 0.791. The van der Waals surface area contributed by atoms with Crippen LogP contribution in [0.4, 0.5) is 0 Å². The maximum absolute atomic E-state index is 11.4. The summed E-state index contributed by atoms with van der Waals surface area (Å²) in [6, 6.07) is 3.48. The van der Waals surface area contributed by atoms with Crippen LogP contribution in [0.15, 0.2) is 12.1 Å². The number of nitrogens with zero attached hydrogens (tertiary/aromatic N) is 1. The number of carboxylic acids is 1. The Labute approximate surface area is 137 Å². The molecule has 0 unspecified atom stereocenters. The number of carbonyl (C=O) groups is 1. The number of rotatable bonds is 2. The van der Waals surface area contributed by atoms with Crippen LogP contribution in [0.2, 0.25) is 10.2 Å². The lowest BCUT2D eigenvalue weighted by atomic mass is 9.80. The molecule has 0 aliphatic heterocycles. The van der Waals surface area contributed by atoms with Crippen molar-refractivity contribution in [2.75, 3.05) is 0 Å². The summed E-state index contributed by atoms with van der Waals surface area (Å²) in [6.07, 6.45) is 0. The van der Waals surface area contributed by atoms with Crippen LogP contribution in [0.3, 0.4) is 0 Å². The highest BCUT2D eigenvalue weighted by Gasteiger charge is 2.26. The molecule has 2 rings (SSSR count). The van der Waals surface area contributed by atoms with Crippen LogP contribution in [0, 0.1) is 6.92 Å². The van der Waals surface area contributed by atoms with E-state index >= 15 is 0 Å². The lowest BCUT2D eigenvalue weighted by Crippen LogP contribution is -2.15. The number of hydrogen-bond donors (Lipinski definition) is 1. The number of aromatic carboxylic acids is 1. The first kappa shape index (κ1) is 16.3. The summed E-state index contributed by atoms with van der Waals surface area (Å²) in [7, 11) is 0. The fourth-order valence-corrected chi connectivity index (χ4v) is 3.61. The monoisotopic (exact) mass is 343 g/mol. The van der Waals surface area contributed by atoms with Gasteiger partial charge in [0.15, 0.2) is 5.15 Å². The van der Waals surface area contributed by atoms with Crippen molar-refractivity contribution in [1.82, 2.24) is 4.37 Å². The second kappa shape index (κ2) is 5.59. The Morgan fingerprint density at radius 2 is 1.90 bits per heavy atom. The van der Waals surface area contributed by atoms with Crippen molar-refractivity contribution in [2.45, 2.75) is 33.1 Å². The number of halogens is 2. The van der Waals surface area contributed by atoms with Crippen molar-refractivity contribution >= 4 is 40.7 Å². The number of aromatic nitrogens is 1. The average molecular weight is 344 g/mol. The molecule has 0 spiro atoms. The van der Waals surface area contributed by atoms with Crippen molar-refractivity contribution in [2.24, 2.45) is 0 Å². The Morgan fingerprint density at radius 3 is 2.33 bits per heavy atom. The van der Waals surface area contributed by atoms with Gasteiger partial charge in [-0.05, 0) is 41.1 Å². The van der Waals surface area contributed by atoms with E-state index in [1.165, 1.54) is 11.5 Å². The summed E-state index contributed by atoms with van der Waals surface area (Å²) in [4.78, 5) is 12.1. The molecule has 0 saturated carbocycles. The van der Waals surface area contributed by atoms with Crippen molar-refractivity contribution < 1.29 is 9.90 Å². The second-order valence-electron chi connectivity index (χ2n) is 5.83. The topological polar surface area (TPSA) is 50.2 Å². The van der Waals surface area contributed by atoms with Crippen molar-refractivity contribution in [3.05, 3.63) is 39.0 Å². The molecule has 0 bridgehead atoms. The molecule has 112 valence electrons. The van der Waals surface area contributed by atoms with Crippen LogP contribution in [0.5, 0.6) is 0 Å².